The van der Waals surface area contributed by atoms with Crippen LogP contribution < -0.4 is 0 Å². The Morgan fingerprint density at radius 1 is 1.50 bits per heavy atom. The molecule has 0 saturated heterocycles. The quantitative estimate of drug-likeness (QED) is 0.818. The van der Waals surface area contributed by atoms with Crippen LogP contribution in [-0.2, 0) is 6.54 Å². The first-order valence-corrected chi connectivity index (χ1v) is 5.91. The summed E-state index contributed by atoms with van der Waals surface area (Å²) in [4.78, 5) is 1.20. The minimum absolute atomic E-state index is 0.117. The van der Waals surface area contributed by atoms with Crippen LogP contribution >= 0.6 is 11.3 Å². The predicted octanol–water partition coefficient (Wildman–Crippen LogP) is 1.73. The van der Waals surface area contributed by atoms with Gasteiger partial charge in [-0.2, -0.15) is 5.10 Å². The fourth-order valence-electron chi connectivity index (χ4n) is 1.33. The van der Waals surface area contributed by atoms with Gasteiger partial charge in [0.25, 0.3) is 0 Å². The van der Waals surface area contributed by atoms with E-state index in [1.54, 1.807) is 17.5 Å². The van der Waals surface area contributed by atoms with Gasteiger partial charge in [-0.3, -0.25) is 4.68 Å². The van der Waals surface area contributed by atoms with E-state index in [2.05, 4.69) is 16.9 Å². The van der Waals surface area contributed by atoms with Crippen molar-refractivity contribution in [2.24, 2.45) is 0 Å². The molecule has 2 rings (SSSR count). The Balaban J connectivity index is 2.11. The SMILES string of the molecule is OCCC#Cc1ccsc1Cn1cccn1. The van der Waals surface area contributed by atoms with E-state index in [9.17, 15) is 0 Å². The molecule has 1 N–H and O–H groups in total. The standard InChI is InChI=1S/C12H12N2OS/c15-8-2-1-4-11-5-9-16-12(11)10-14-7-3-6-13-14/h3,5-7,9,15H,2,8,10H2. The van der Waals surface area contributed by atoms with Crippen molar-refractivity contribution < 1.29 is 5.11 Å². The minimum atomic E-state index is 0.117. The van der Waals surface area contributed by atoms with Gasteiger partial charge in [0, 0.05) is 29.3 Å². The first-order valence-electron chi connectivity index (χ1n) is 5.03. The second kappa shape index (κ2) is 5.50. The molecule has 0 saturated carbocycles. The van der Waals surface area contributed by atoms with Crippen molar-refractivity contribution in [3.63, 3.8) is 0 Å². The highest BCUT2D eigenvalue weighted by Gasteiger charge is 2.02. The number of thiophene rings is 1. The molecule has 4 heteroatoms. The van der Waals surface area contributed by atoms with Gasteiger partial charge in [0.15, 0.2) is 0 Å². The fraction of sp³-hybridized carbons (Fsp3) is 0.250. The van der Waals surface area contributed by atoms with E-state index in [1.165, 1.54) is 4.88 Å². The molecular weight excluding hydrogens is 220 g/mol. The summed E-state index contributed by atoms with van der Waals surface area (Å²) in [6.07, 6.45) is 4.23. The van der Waals surface area contributed by atoms with Gasteiger partial charge in [0.2, 0.25) is 0 Å². The number of nitrogens with zero attached hydrogens (tertiary/aromatic N) is 2. The second-order valence-electron chi connectivity index (χ2n) is 3.24. The Morgan fingerprint density at radius 2 is 2.44 bits per heavy atom. The summed E-state index contributed by atoms with van der Waals surface area (Å²) in [5, 5.41) is 14.9. The van der Waals surface area contributed by atoms with Crippen LogP contribution in [0.1, 0.15) is 16.9 Å². The molecule has 2 heterocycles. The van der Waals surface area contributed by atoms with Crippen LogP contribution in [0, 0.1) is 11.8 Å². The van der Waals surface area contributed by atoms with Gasteiger partial charge in [-0.05, 0) is 17.5 Å². The maximum Gasteiger partial charge on any atom is 0.0764 e. The molecule has 2 aromatic rings. The molecule has 0 aliphatic heterocycles. The highest BCUT2D eigenvalue weighted by molar-refractivity contribution is 7.10. The topological polar surface area (TPSA) is 38.0 Å². The van der Waals surface area contributed by atoms with E-state index in [0.29, 0.717) is 6.42 Å². The van der Waals surface area contributed by atoms with Crippen LogP contribution in [0.4, 0.5) is 0 Å². The van der Waals surface area contributed by atoms with Gasteiger partial charge < -0.3 is 5.11 Å². The lowest BCUT2D eigenvalue weighted by Gasteiger charge is -1.98. The molecule has 0 aromatic carbocycles. The number of rotatable bonds is 3. The summed E-state index contributed by atoms with van der Waals surface area (Å²) in [6.45, 7) is 0.874. The van der Waals surface area contributed by atoms with Crippen molar-refractivity contribution in [3.05, 3.63) is 40.3 Å². The molecule has 0 atom stereocenters. The maximum atomic E-state index is 8.66. The molecule has 0 aliphatic carbocycles. The Kier molecular flexibility index (Phi) is 3.76. The Bertz CT molecular complexity index is 491. The van der Waals surface area contributed by atoms with Gasteiger partial charge in [0.1, 0.15) is 0 Å². The Hall–Kier alpha value is -1.57. The van der Waals surface area contributed by atoms with Crippen LogP contribution in [0.5, 0.6) is 0 Å². The average molecular weight is 232 g/mol. The van der Waals surface area contributed by atoms with Crippen LogP contribution in [-0.4, -0.2) is 21.5 Å². The van der Waals surface area contributed by atoms with Gasteiger partial charge in [-0.15, -0.1) is 11.3 Å². The smallest absolute Gasteiger partial charge is 0.0764 e. The summed E-state index contributed by atoms with van der Waals surface area (Å²) in [5.74, 6) is 6.00. The summed E-state index contributed by atoms with van der Waals surface area (Å²) < 4.78 is 1.88. The highest BCUT2D eigenvalue weighted by atomic mass is 32.1. The number of aromatic nitrogens is 2. The van der Waals surface area contributed by atoms with Crippen molar-refractivity contribution in [1.29, 1.82) is 0 Å². The first kappa shape index (κ1) is 10.9. The van der Waals surface area contributed by atoms with Crippen molar-refractivity contribution in [2.45, 2.75) is 13.0 Å². The van der Waals surface area contributed by atoms with Crippen molar-refractivity contribution in [3.8, 4) is 11.8 Å². The third kappa shape index (κ3) is 2.72. The second-order valence-corrected chi connectivity index (χ2v) is 4.24. The lowest BCUT2D eigenvalue weighted by molar-refractivity contribution is 0.305. The van der Waals surface area contributed by atoms with Crippen molar-refractivity contribution in [1.82, 2.24) is 9.78 Å². The zero-order valence-electron chi connectivity index (χ0n) is 8.76. The number of hydrogen-bond donors (Lipinski definition) is 1. The lowest BCUT2D eigenvalue weighted by atomic mass is 10.2. The highest BCUT2D eigenvalue weighted by Crippen LogP contribution is 2.16. The Labute approximate surface area is 98.4 Å². The zero-order valence-corrected chi connectivity index (χ0v) is 9.57. The zero-order chi connectivity index (χ0) is 11.2. The monoisotopic (exact) mass is 232 g/mol. The van der Waals surface area contributed by atoms with Gasteiger partial charge in [-0.1, -0.05) is 11.8 Å². The molecule has 0 radical (unpaired) electrons. The predicted molar refractivity (Wildman–Crippen MR) is 64.2 cm³/mol. The molecular formula is C12H12N2OS. The van der Waals surface area contributed by atoms with Crippen molar-refractivity contribution in [2.75, 3.05) is 6.61 Å². The molecule has 82 valence electrons. The minimum Gasteiger partial charge on any atom is -0.395 e. The van der Waals surface area contributed by atoms with Crippen LogP contribution in [0.3, 0.4) is 0 Å². The number of aliphatic hydroxyl groups excluding tert-OH is 1. The molecule has 0 spiro atoms. The molecule has 3 nitrogen and oxygen atoms in total. The molecule has 16 heavy (non-hydrogen) atoms. The van der Waals surface area contributed by atoms with E-state index < -0.39 is 0 Å². The van der Waals surface area contributed by atoms with Crippen LogP contribution in [0.25, 0.3) is 0 Å². The molecule has 0 amide bonds. The molecule has 0 aliphatic rings. The van der Waals surface area contributed by atoms with E-state index >= 15 is 0 Å². The number of hydrogen-bond acceptors (Lipinski definition) is 3. The van der Waals surface area contributed by atoms with Crippen LogP contribution in [0.2, 0.25) is 0 Å². The molecule has 0 bridgehead atoms. The third-order valence-electron chi connectivity index (χ3n) is 2.07. The third-order valence-corrected chi connectivity index (χ3v) is 2.98. The molecule has 2 aromatic heterocycles. The first-order chi connectivity index (χ1) is 7.90. The summed E-state index contributed by atoms with van der Waals surface area (Å²) in [6, 6.07) is 3.92. The summed E-state index contributed by atoms with van der Waals surface area (Å²) in [5.41, 5.74) is 1.04. The molecule has 0 fully saturated rings. The number of aliphatic hydroxyl groups is 1. The van der Waals surface area contributed by atoms with Gasteiger partial charge in [-0.25, -0.2) is 0 Å². The molecule has 0 unspecified atom stereocenters. The van der Waals surface area contributed by atoms with Gasteiger partial charge in [0.05, 0.1) is 13.2 Å². The Morgan fingerprint density at radius 3 is 3.19 bits per heavy atom. The van der Waals surface area contributed by atoms with E-state index in [1.807, 2.05) is 28.4 Å². The lowest BCUT2D eigenvalue weighted by Crippen LogP contribution is -1.99. The largest absolute Gasteiger partial charge is 0.395 e. The van der Waals surface area contributed by atoms with Crippen LogP contribution in [0.15, 0.2) is 29.9 Å². The maximum absolute atomic E-state index is 8.66. The van der Waals surface area contributed by atoms with Gasteiger partial charge >= 0.3 is 0 Å². The fourth-order valence-corrected chi connectivity index (χ4v) is 2.15. The average Bonchev–Trinajstić information content (AvgIpc) is 2.92. The van der Waals surface area contributed by atoms with E-state index in [-0.39, 0.29) is 6.61 Å². The van der Waals surface area contributed by atoms with E-state index in [0.717, 1.165) is 12.1 Å². The van der Waals surface area contributed by atoms with Crippen molar-refractivity contribution >= 4 is 11.3 Å². The normalized spacial score (nSPS) is 9.81. The van der Waals surface area contributed by atoms with E-state index in [4.69, 9.17) is 5.11 Å². The summed E-state index contributed by atoms with van der Waals surface area (Å²) >= 11 is 1.68. The summed E-state index contributed by atoms with van der Waals surface area (Å²) in [7, 11) is 0.